The van der Waals surface area contributed by atoms with Crippen molar-refractivity contribution in [2.45, 2.75) is 32.2 Å². The van der Waals surface area contributed by atoms with E-state index in [1.807, 2.05) is 31.2 Å². The van der Waals surface area contributed by atoms with Crippen LogP contribution in [-0.4, -0.2) is 26.9 Å². The standard InChI is InChI=1S/C15H19N5O/c1-15(8-2-3-13(15)16)14(21)19-11-4-6-12(7-5-11)20-17-9-10-18-20/h4-7,9-10,13H,2-3,8,16H2,1H3,(H,19,21). The van der Waals surface area contributed by atoms with Gasteiger partial charge in [0.05, 0.1) is 23.5 Å². The SMILES string of the molecule is CC1(C(=O)Nc2ccc(-n3nccn3)cc2)CCCC1N. The molecule has 0 saturated heterocycles. The minimum absolute atomic E-state index is 0.00235. The molecular weight excluding hydrogens is 266 g/mol. The summed E-state index contributed by atoms with van der Waals surface area (Å²) in [5.41, 5.74) is 7.21. The lowest BCUT2D eigenvalue weighted by atomic mass is 9.84. The molecule has 1 amide bonds. The summed E-state index contributed by atoms with van der Waals surface area (Å²) in [5.74, 6) is -0.00235. The Morgan fingerprint density at radius 1 is 1.33 bits per heavy atom. The molecule has 1 aromatic heterocycles. The smallest absolute Gasteiger partial charge is 0.231 e. The summed E-state index contributed by atoms with van der Waals surface area (Å²) in [6.07, 6.45) is 6.01. The molecule has 0 radical (unpaired) electrons. The monoisotopic (exact) mass is 285 g/mol. The zero-order valence-electron chi connectivity index (χ0n) is 12.0. The van der Waals surface area contributed by atoms with E-state index in [2.05, 4.69) is 15.5 Å². The van der Waals surface area contributed by atoms with Gasteiger partial charge in [-0.3, -0.25) is 4.79 Å². The summed E-state index contributed by atoms with van der Waals surface area (Å²) in [6.45, 7) is 1.95. The number of rotatable bonds is 3. The second-order valence-corrected chi connectivity index (χ2v) is 5.74. The van der Waals surface area contributed by atoms with E-state index in [-0.39, 0.29) is 11.9 Å². The fraction of sp³-hybridized carbons (Fsp3) is 0.400. The third kappa shape index (κ3) is 2.54. The summed E-state index contributed by atoms with van der Waals surface area (Å²) in [5, 5.41) is 11.1. The van der Waals surface area contributed by atoms with Gasteiger partial charge in [-0.15, -0.1) is 0 Å². The maximum atomic E-state index is 12.4. The molecule has 6 nitrogen and oxygen atoms in total. The van der Waals surface area contributed by atoms with Gasteiger partial charge in [0.25, 0.3) is 0 Å². The second-order valence-electron chi connectivity index (χ2n) is 5.74. The number of carbonyl (C=O) groups excluding carboxylic acids is 1. The Morgan fingerprint density at radius 3 is 2.57 bits per heavy atom. The zero-order chi connectivity index (χ0) is 14.9. The molecule has 1 aliphatic rings. The van der Waals surface area contributed by atoms with Crippen LogP contribution in [-0.2, 0) is 4.79 Å². The number of anilines is 1. The number of amides is 1. The molecule has 6 heteroatoms. The van der Waals surface area contributed by atoms with Crippen molar-refractivity contribution in [1.82, 2.24) is 15.0 Å². The van der Waals surface area contributed by atoms with Crippen LogP contribution in [0.15, 0.2) is 36.7 Å². The number of nitrogens with one attached hydrogen (secondary N) is 1. The Morgan fingerprint density at radius 2 is 2.00 bits per heavy atom. The lowest BCUT2D eigenvalue weighted by Gasteiger charge is -2.27. The third-order valence-electron chi connectivity index (χ3n) is 4.32. The van der Waals surface area contributed by atoms with E-state index < -0.39 is 5.41 Å². The molecule has 1 saturated carbocycles. The number of nitrogens with two attached hydrogens (primary N) is 1. The Bertz CT molecular complexity index is 622. The average Bonchev–Trinajstić information content (AvgIpc) is 3.12. The number of benzene rings is 1. The Balaban J connectivity index is 1.72. The fourth-order valence-corrected chi connectivity index (χ4v) is 2.78. The average molecular weight is 285 g/mol. The molecule has 1 aromatic carbocycles. The van der Waals surface area contributed by atoms with Gasteiger partial charge in [0.2, 0.25) is 5.91 Å². The highest BCUT2D eigenvalue weighted by Crippen LogP contribution is 2.37. The molecular formula is C15H19N5O. The summed E-state index contributed by atoms with van der Waals surface area (Å²) in [7, 11) is 0. The van der Waals surface area contributed by atoms with Gasteiger partial charge < -0.3 is 11.1 Å². The number of hydrogen-bond donors (Lipinski definition) is 2. The fourth-order valence-electron chi connectivity index (χ4n) is 2.78. The van der Waals surface area contributed by atoms with E-state index in [1.54, 1.807) is 12.4 Å². The van der Waals surface area contributed by atoms with Crippen LogP contribution in [0.2, 0.25) is 0 Å². The van der Waals surface area contributed by atoms with Crippen molar-refractivity contribution in [3.63, 3.8) is 0 Å². The van der Waals surface area contributed by atoms with Gasteiger partial charge in [0, 0.05) is 11.7 Å². The van der Waals surface area contributed by atoms with Crippen molar-refractivity contribution in [1.29, 1.82) is 0 Å². The molecule has 1 heterocycles. The van der Waals surface area contributed by atoms with Crippen LogP contribution in [0.3, 0.4) is 0 Å². The molecule has 1 fully saturated rings. The van der Waals surface area contributed by atoms with E-state index in [1.165, 1.54) is 4.80 Å². The highest BCUT2D eigenvalue weighted by atomic mass is 16.2. The Hall–Kier alpha value is -2.21. The summed E-state index contributed by atoms with van der Waals surface area (Å²) < 4.78 is 0. The molecule has 0 bridgehead atoms. The number of nitrogens with zero attached hydrogens (tertiary/aromatic N) is 3. The van der Waals surface area contributed by atoms with Crippen molar-refractivity contribution in [3.05, 3.63) is 36.7 Å². The van der Waals surface area contributed by atoms with E-state index >= 15 is 0 Å². The molecule has 0 spiro atoms. The maximum Gasteiger partial charge on any atom is 0.231 e. The van der Waals surface area contributed by atoms with Crippen molar-refractivity contribution in [2.24, 2.45) is 11.1 Å². The zero-order valence-corrected chi connectivity index (χ0v) is 12.0. The van der Waals surface area contributed by atoms with E-state index in [9.17, 15) is 4.79 Å². The highest BCUT2D eigenvalue weighted by molar-refractivity contribution is 5.95. The van der Waals surface area contributed by atoms with Crippen molar-refractivity contribution in [2.75, 3.05) is 5.32 Å². The highest BCUT2D eigenvalue weighted by Gasteiger charge is 2.42. The first-order chi connectivity index (χ1) is 10.1. The van der Waals surface area contributed by atoms with Crippen LogP contribution in [0.25, 0.3) is 5.69 Å². The molecule has 1 aliphatic carbocycles. The first-order valence-electron chi connectivity index (χ1n) is 7.13. The molecule has 21 heavy (non-hydrogen) atoms. The van der Waals surface area contributed by atoms with Crippen molar-refractivity contribution < 1.29 is 4.79 Å². The van der Waals surface area contributed by atoms with Crippen LogP contribution < -0.4 is 11.1 Å². The lowest BCUT2D eigenvalue weighted by molar-refractivity contribution is -0.125. The van der Waals surface area contributed by atoms with Gasteiger partial charge in [0.1, 0.15) is 0 Å². The van der Waals surface area contributed by atoms with Gasteiger partial charge in [-0.05, 0) is 44.0 Å². The summed E-state index contributed by atoms with van der Waals surface area (Å²) in [4.78, 5) is 14.0. The molecule has 2 atom stereocenters. The molecule has 0 aliphatic heterocycles. The molecule has 110 valence electrons. The molecule has 3 N–H and O–H groups in total. The minimum Gasteiger partial charge on any atom is -0.327 e. The van der Waals surface area contributed by atoms with Gasteiger partial charge in [-0.25, -0.2) is 0 Å². The van der Waals surface area contributed by atoms with E-state index in [4.69, 9.17) is 5.73 Å². The van der Waals surface area contributed by atoms with Crippen molar-refractivity contribution >= 4 is 11.6 Å². The summed E-state index contributed by atoms with van der Waals surface area (Å²) in [6, 6.07) is 7.37. The van der Waals surface area contributed by atoms with Crippen LogP contribution >= 0.6 is 0 Å². The topological polar surface area (TPSA) is 85.8 Å². The predicted octanol–water partition coefficient (Wildman–Crippen LogP) is 1.72. The van der Waals surface area contributed by atoms with Gasteiger partial charge in [0.15, 0.2) is 0 Å². The predicted molar refractivity (Wildman–Crippen MR) is 79.9 cm³/mol. The first-order valence-corrected chi connectivity index (χ1v) is 7.13. The Kier molecular flexibility index (Phi) is 3.47. The number of aromatic nitrogens is 3. The van der Waals surface area contributed by atoms with Gasteiger partial charge in [-0.2, -0.15) is 15.0 Å². The largest absolute Gasteiger partial charge is 0.327 e. The molecule has 3 rings (SSSR count). The minimum atomic E-state index is -0.470. The van der Waals surface area contributed by atoms with Crippen LogP contribution in [0.4, 0.5) is 5.69 Å². The number of hydrogen-bond acceptors (Lipinski definition) is 4. The normalized spacial score (nSPS) is 25.0. The van der Waals surface area contributed by atoms with Gasteiger partial charge >= 0.3 is 0 Å². The quantitative estimate of drug-likeness (QED) is 0.899. The van der Waals surface area contributed by atoms with Crippen molar-refractivity contribution in [3.8, 4) is 5.69 Å². The van der Waals surface area contributed by atoms with E-state index in [0.29, 0.717) is 0 Å². The van der Waals surface area contributed by atoms with Crippen LogP contribution in [0.1, 0.15) is 26.2 Å². The number of carbonyl (C=O) groups is 1. The van der Waals surface area contributed by atoms with Crippen LogP contribution in [0, 0.1) is 5.41 Å². The van der Waals surface area contributed by atoms with Crippen LogP contribution in [0.5, 0.6) is 0 Å². The van der Waals surface area contributed by atoms with Gasteiger partial charge in [-0.1, -0.05) is 6.42 Å². The molecule has 2 aromatic rings. The lowest BCUT2D eigenvalue weighted by Crippen LogP contribution is -2.44. The first kappa shape index (κ1) is 13.8. The second kappa shape index (κ2) is 5.29. The summed E-state index contributed by atoms with van der Waals surface area (Å²) >= 11 is 0. The third-order valence-corrected chi connectivity index (χ3v) is 4.32. The molecule has 2 unspecified atom stereocenters. The maximum absolute atomic E-state index is 12.4. The Labute approximate surface area is 123 Å². The van der Waals surface area contributed by atoms with E-state index in [0.717, 1.165) is 30.6 Å².